The van der Waals surface area contributed by atoms with Crippen LogP contribution in [-0.4, -0.2) is 5.97 Å². The van der Waals surface area contributed by atoms with Gasteiger partial charge in [0.15, 0.2) is 0 Å². The quantitative estimate of drug-likeness (QED) is 0.670. The first-order chi connectivity index (χ1) is 6.74. The van der Waals surface area contributed by atoms with Gasteiger partial charge >= 0.3 is 5.97 Å². The topological polar surface area (TPSA) is 26.3 Å². The fraction of sp³-hybridized carbons (Fsp3) is 0.417. The molecular weight excluding hydrogens is 176 g/mol. The third-order valence-corrected chi connectivity index (χ3v) is 2.89. The minimum atomic E-state index is -0.157. The number of ether oxygens (including phenoxy) is 1. The van der Waals surface area contributed by atoms with Crippen LogP contribution in [0.25, 0.3) is 0 Å². The number of fused-ring (bicyclic) bond motifs is 1. The highest BCUT2D eigenvalue weighted by Gasteiger charge is 2.25. The predicted molar refractivity (Wildman–Crippen MR) is 54.3 cm³/mol. The summed E-state index contributed by atoms with van der Waals surface area (Å²) in [5, 5.41) is 0. The number of hydrogen-bond donors (Lipinski definition) is 0. The van der Waals surface area contributed by atoms with E-state index in [1.54, 1.807) is 0 Å². The highest BCUT2D eigenvalue weighted by atomic mass is 16.5. The molecule has 1 atom stereocenters. The van der Waals surface area contributed by atoms with Gasteiger partial charge in [0.05, 0.1) is 5.56 Å². The fourth-order valence-corrected chi connectivity index (χ4v) is 1.84. The molecule has 0 spiro atoms. The molecule has 0 aromatic heterocycles. The molecule has 1 heterocycles. The average molecular weight is 190 g/mol. The van der Waals surface area contributed by atoms with E-state index in [9.17, 15) is 4.79 Å². The van der Waals surface area contributed by atoms with Gasteiger partial charge in [-0.1, -0.05) is 32.0 Å². The molecule has 0 fully saturated rings. The van der Waals surface area contributed by atoms with Crippen LogP contribution in [-0.2, 0) is 11.3 Å². The van der Waals surface area contributed by atoms with Gasteiger partial charge in [-0.25, -0.2) is 4.79 Å². The van der Waals surface area contributed by atoms with E-state index in [1.165, 1.54) is 0 Å². The van der Waals surface area contributed by atoms with Crippen molar-refractivity contribution in [2.45, 2.75) is 32.8 Å². The molecule has 0 amide bonds. The smallest absolute Gasteiger partial charge is 0.339 e. The molecule has 74 valence electrons. The summed E-state index contributed by atoms with van der Waals surface area (Å²) in [4.78, 5) is 11.5. The Hall–Kier alpha value is -1.31. The summed E-state index contributed by atoms with van der Waals surface area (Å²) in [6.07, 6.45) is 1.05. The molecule has 0 radical (unpaired) electrons. The van der Waals surface area contributed by atoms with Crippen LogP contribution in [0.2, 0.25) is 0 Å². The van der Waals surface area contributed by atoms with Crippen molar-refractivity contribution in [3.63, 3.8) is 0 Å². The van der Waals surface area contributed by atoms with E-state index in [0.29, 0.717) is 12.5 Å². The van der Waals surface area contributed by atoms with Crippen LogP contribution in [0.1, 0.15) is 47.7 Å². The number of carbonyl (C=O) groups excluding carboxylic acids is 1. The number of cyclic esters (lactones) is 1. The lowest BCUT2D eigenvalue weighted by Crippen LogP contribution is -2.03. The lowest BCUT2D eigenvalue weighted by atomic mass is 9.92. The highest BCUT2D eigenvalue weighted by Crippen LogP contribution is 2.29. The second-order valence-corrected chi connectivity index (χ2v) is 3.77. The van der Waals surface area contributed by atoms with Crippen LogP contribution in [0.15, 0.2) is 18.2 Å². The largest absolute Gasteiger partial charge is 0.457 e. The maximum Gasteiger partial charge on any atom is 0.339 e. The molecule has 0 saturated heterocycles. The third-order valence-electron chi connectivity index (χ3n) is 2.89. The van der Waals surface area contributed by atoms with Gasteiger partial charge in [0, 0.05) is 5.56 Å². The summed E-state index contributed by atoms with van der Waals surface area (Å²) in [6.45, 7) is 4.71. The van der Waals surface area contributed by atoms with Crippen molar-refractivity contribution in [2.24, 2.45) is 0 Å². The van der Waals surface area contributed by atoms with Crippen LogP contribution in [0.3, 0.4) is 0 Å². The van der Waals surface area contributed by atoms with Crippen molar-refractivity contribution in [2.75, 3.05) is 0 Å². The molecule has 0 saturated carbocycles. The second-order valence-electron chi connectivity index (χ2n) is 3.77. The maximum absolute atomic E-state index is 11.5. The molecule has 1 aliphatic heterocycles. The normalized spacial score (nSPS) is 16.3. The zero-order chi connectivity index (χ0) is 10.1. The Morgan fingerprint density at radius 1 is 1.50 bits per heavy atom. The van der Waals surface area contributed by atoms with Gasteiger partial charge in [0.1, 0.15) is 6.61 Å². The van der Waals surface area contributed by atoms with Gasteiger partial charge in [-0.3, -0.25) is 0 Å². The molecule has 1 unspecified atom stereocenters. The summed E-state index contributed by atoms with van der Waals surface area (Å²) in [5.41, 5.74) is 2.97. The summed E-state index contributed by atoms with van der Waals surface area (Å²) in [7, 11) is 0. The SMILES string of the molecule is CCC(C)c1cccc2c1C(=O)OC2. The Bertz CT molecular complexity index is 369. The third kappa shape index (κ3) is 1.31. The Balaban J connectivity index is 2.52. The zero-order valence-electron chi connectivity index (χ0n) is 8.54. The maximum atomic E-state index is 11.5. The molecule has 0 N–H and O–H groups in total. The van der Waals surface area contributed by atoms with E-state index < -0.39 is 0 Å². The van der Waals surface area contributed by atoms with E-state index >= 15 is 0 Å². The van der Waals surface area contributed by atoms with E-state index in [4.69, 9.17) is 4.74 Å². The van der Waals surface area contributed by atoms with Crippen molar-refractivity contribution >= 4 is 5.97 Å². The van der Waals surface area contributed by atoms with Gasteiger partial charge in [-0.15, -0.1) is 0 Å². The van der Waals surface area contributed by atoms with Crippen molar-refractivity contribution < 1.29 is 9.53 Å². The zero-order valence-corrected chi connectivity index (χ0v) is 8.54. The first-order valence-electron chi connectivity index (χ1n) is 5.03. The van der Waals surface area contributed by atoms with E-state index in [2.05, 4.69) is 13.8 Å². The van der Waals surface area contributed by atoms with Crippen LogP contribution in [0, 0.1) is 0 Å². The summed E-state index contributed by atoms with van der Waals surface area (Å²) >= 11 is 0. The van der Waals surface area contributed by atoms with Gasteiger partial charge in [-0.2, -0.15) is 0 Å². The van der Waals surface area contributed by atoms with E-state index in [1.807, 2.05) is 18.2 Å². The van der Waals surface area contributed by atoms with Crippen molar-refractivity contribution in [1.82, 2.24) is 0 Å². The molecular formula is C12H14O2. The number of hydrogen-bond acceptors (Lipinski definition) is 2. The van der Waals surface area contributed by atoms with Crippen LogP contribution < -0.4 is 0 Å². The molecule has 2 nitrogen and oxygen atoms in total. The summed E-state index contributed by atoms with van der Waals surface area (Å²) in [6, 6.07) is 5.99. The lowest BCUT2D eigenvalue weighted by molar-refractivity contribution is 0.0534. The van der Waals surface area contributed by atoms with Gasteiger partial charge < -0.3 is 4.74 Å². The first-order valence-corrected chi connectivity index (χ1v) is 5.03. The number of carbonyl (C=O) groups is 1. The monoisotopic (exact) mass is 190 g/mol. The Labute approximate surface area is 83.9 Å². The second kappa shape index (κ2) is 3.45. The van der Waals surface area contributed by atoms with Gasteiger partial charge in [0.25, 0.3) is 0 Å². The Morgan fingerprint density at radius 3 is 3.00 bits per heavy atom. The molecule has 1 aromatic carbocycles. The molecule has 2 rings (SSSR count). The van der Waals surface area contributed by atoms with Crippen LogP contribution >= 0.6 is 0 Å². The molecule has 14 heavy (non-hydrogen) atoms. The molecule has 1 aromatic rings. The minimum Gasteiger partial charge on any atom is -0.457 e. The highest BCUT2D eigenvalue weighted by molar-refractivity contribution is 5.95. The fourth-order valence-electron chi connectivity index (χ4n) is 1.84. The van der Waals surface area contributed by atoms with E-state index in [0.717, 1.165) is 23.1 Å². The van der Waals surface area contributed by atoms with E-state index in [-0.39, 0.29) is 5.97 Å². The molecule has 1 aliphatic rings. The van der Waals surface area contributed by atoms with Crippen LogP contribution in [0.5, 0.6) is 0 Å². The lowest BCUT2D eigenvalue weighted by Gasteiger charge is -2.11. The summed E-state index contributed by atoms with van der Waals surface area (Å²) in [5.74, 6) is 0.270. The molecule has 2 heteroatoms. The Morgan fingerprint density at radius 2 is 2.29 bits per heavy atom. The number of benzene rings is 1. The number of esters is 1. The summed E-state index contributed by atoms with van der Waals surface area (Å²) < 4.78 is 5.02. The molecule has 0 aliphatic carbocycles. The van der Waals surface area contributed by atoms with Gasteiger partial charge in [0.2, 0.25) is 0 Å². The van der Waals surface area contributed by atoms with Crippen LogP contribution in [0.4, 0.5) is 0 Å². The minimum absolute atomic E-state index is 0.157. The van der Waals surface area contributed by atoms with Crippen molar-refractivity contribution in [1.29, 1.82) is 0 Å². The van der Waals surface area contributed by atoms with Gasteiger partial charge in [-0.05, 0) is 17.9 Å². The molecule has 0 bridgehead atoms. The van der Waals surface area contributed by atoms with Crippen molar-refractivity contribution in [3.8, 4) is 0 Å². The first kappa shape index (κ1) is 9.25. The Kier molecular flexibility index (Phi) is 2.28. The average Bonchev–Trinajstić information content (AvgIpc) is 2.59. The van der Waals surface area contributed by atoms with Crippen molar-refractivity contribution in [3.05, 3.63) is 34.9 Å². The standard InChI is InChI=1S/C12H14O2/c1-3-8(2)10-6-4-5-9-7-14-12(13)11(9)10/h4-6,8H,3,7H2,1-2H3. The number of rotatable bonds is 2. The predicted octanol–water partition coefficient (Wildman–Crippen LogP) is 2.87.